The predicted molar refractivity (Wildman–Crippen MR) is 100 cm³/mol. The number of rotatable bonds is 5. The summed E-state index contributed by atoms with van der Waals surface area (Å²) in [6, 6.07) is 8.86. The zero-order chi connectivity index (χ0) is 18.5. The van der Waals surface area contributed by atoms with Crippen molar-refractivity contribution in [2.75, 3.05) is 18.5 Å². The van der Waals surface area contributed by atoms with E-state index in [1.807, 2.05) is 32.0 Å². The summed E-state index contributed by atoms with van der Waals surface area (Å²) >= 11 is 0. The number of nitrogens with two attached hydrogens (primary N) is 1. The summed E-state index contributed by atoms with van der Waals surface area (Å²) in [6.45, 7) is 5.38. The molecule has 1 unspecified atom stereocenters. The summed E-state index contributed by atoms with van der Waals surface area (Å²) in [6.07, 6.45) is 3.21. The van der Waals surface area contributed by atoms with E-state index >= 15 is 0 Å². The average molecular weight is 355 g/mol. The van der Waals surface area contributed by atoms with Crippen LogP contribution in [0.15, 0.2) is 36.5 Å². The van der Waals surface area contributed by atoms with Gasteiger partial charge in [-0.1, -0.05) is 12.1 Å². The highest BCUT2D eigenvalue weighted by Gasteiger charge is 2.26. The van der Waals surface area contributed by atoms with Crippen molar-refractivity contribution in [2.45, 2.75) is 32.7 Å². The van der Waals surface area contributed by atoms with Gasteiger partial charge >= 0.3 is 0 Å². The maximum Gasteiger partial charge on any atom is 0.241 e. The Labute approximate surface area is 153 Å². The number of hydrogen-bond donors (Lipinski definition) is 2. The van der Waals surface area contributed by atoms with Gasteiger partial charge in [0.05, 0.1) is 17.9 Å². The first-order valence-corrected chi connectivity index (χ1v) is 8.89. The van der Waals surface area contributed by atoms with E-state index in [0.717, 1.165) is 29.7 Å². The minimum absolute atomic E-state index is 0.156. The SMILES string of the molecule is Cc1cccc(Oc2ccc(NC(=O)C(N)C3CCOCC3)cn2)c1C. The molecule has 1 fully saturated rings. The topological polar surface area (TPSA) is 86.5 Å². The summed E-state index contributed by atoms with van der Waals surface area (Å²) < 4.78 is 11.1. The number of ether oxygens (including phenoxy) is 2. The monoisotopic (exact) mass is 355 g/mol. The van der Waals surface area contributed by atoms with Crippen LogP contribution in [-0.4, -0.2) is 30.1 Å². The zero-order valence-electron chi connectivity index (χ0n) is 15.2. The van der Waals surface area contributed by atoms with Crippen molar-refractivity contribution in [3.8, 4) is 11.6 Å². The lowest BCUT2D eigenvalue weighted by molar-refractivity contribution is -0.119. The molecule has 1 amide bonds. The fraction of sp³-hybridized carbons (Fsp3) is 0.400. The number of carbonyl (C=O) groups is 1. The highest BCUT2D eigenvalue weighted by molar-refractivity contribution is 5.94. The first kappa shape index (κ1) is 18.4. The Morgan fingerprint density at radius 2 is 2.04 bits per heavy atom. The van der Waals surface area contributed by atoms with Gasteiger partial charge in [0.25, 0.3) is 0 Å². The number of carbonyl (C=O) groups excluding carboxylic acids is 1. The lowest BCUT2D eigenvalue weighted by atomic mass is 9.92. The number of aryl methyl sites for hydroxylation is 1. The van der Waals surface area contributed by atoms with Crippen molar-refractivity contribution in [3.63, 3.8) is 0 Å². The van der Waals surface area contributed by atoms with Crippen molar-refractivity contribution in [3.05, 3.63) is 47.7 Å². The smallest absolute Gasteiger partial charge is 0.241 e. The number of nitrogens with zero attached hydrogens (tertiary/aromatic N) is 1. The van der Waals surface area contributed by atoms with E-state index in [9.17, 15) is 4.79 Å². The van der Waals surface area contributed by atoms with E-state index in [1.54, 1.807) is 18.3 Å². The number of pyridine rings is 1. The van der Waals surface area contributed by atoms with Crippen LogP contribution in [0.5, 0.6) is 11.6 Å². The fourth-order valence-electron chi connectivity index (χ4n) is 2.98. The van der Waals surface area contributed by atoms with Crippen LogP contribution in [0, 0.1) is 19.8 Å². The van der Waals surface area contributed by atoms with Crippen LogP contribution in [0.25, 0.3) is 0 Å². The van der Waals surface area contributed by atoms with Crippen LogP contribution in [0.4, 0.5) is 5.69 Å². The second-order valence-corrected chi connectivity index (χ2v) is 6.65. The predicted octanol–water partition coefficient (Wildman–Crippen LogP) is 3.18. The molecule has 138 valence electrons. The normalized spacial score (nSPS) is 16.1. The number of amides is 1. The second kappa shape index (κ2) is 8.29. The summed E-state index contributed by atoms with van der Waals surface area (Å²) in [7, 11) is 0. The van der Waals surface area contributed by atoms with Crippen LogP contribution in [-0.2, 0) is 9.53 Å². The molecule has 0 saturated carbocycles. The van der Waals surface area contributed by atoms with Crippen LogP contribution in [0.1, 0.15) is 24.0 Å². The largest absolute Gasteiger partial charge is 0.439 e. The van der Waals surface area contributed by atoms with E-state index in [2.05, 4.69) is 10.3 Å². The standard InChI is InChI=1S/C20H25N3O3/c1-13-4-3-5-17(14(13)2)26-18-7-6-16(12-22-18)23-20(24)19(21)15-8-10-25-11-9-15/h3-7,12,15,19H,8-11,21H2,1-2H3,(H,23,24). The summed E-state index contributed by atoms with van der Waals surface area (Å²) in [5.41, 5.74) is 8.93. The maximum atomic E-state index is 12.3. The summed E-state index contributed by atoms with van der Waals surface area (Å²) in [5.74, 6) is 1.21. The van der Waals surface area contributed by atoms with Crippen LogP contribution >= 0.6 is 0 Å². The molecule has 2 aromatic rings. The molecule has 2 heterocycles. The van der Waals surface area contributed by atoms with E-state index in [-0.39, 0.29) is 11.8 Å². The van der Waals surface area contributed by atoms with E-state index in [1.165, 1.54) is 0 Å². The molecule has 3 N–H and O–H groups in total. The summed E-state index contributed by atoms with van der Waals surface area (Å²) in [5, 5.41) is 2.83. The van der Waals surface area contributed by atoms with Gasteiger partial charge in [-0.3, -0.25) is 4.79 Å². The fourth-order valence-corrected chi connectivity index (χ4v) is 2.98. The van der Waals surface area contributed by atoms with Crippen LogP contribution in [0.3, 0.4) is 0 Å². The number of aromatic nitrogens is 1. The molecule has 0 spiro atoms. The number of anilines is 1. The Hall–Kier alpha value is -2.44. The van der Waals surface area contributed by atoms with Crippen molar-refractivity contribution in [1.82, 2.24) is 4.98 Å². The molecule has 6 heteroatoms. The Kier molecular flexibility index (Phi) is 5.85. The Morgan fingerprint density at radius 3 is 2.73 bits per heavy atom. The second-order valence-electron chi connectivity index (χ2n) is 6.65. The average Bonchev–Trinajstić information content (AvgIpc) is 2.67. The van der Waals surface area contributed by atoms with Gasteiger partial charge in [0.2, 0.25) is 11.8 Å². The molecule has 3 rings (SSSR count). The molecule has 1 atom stereocenters. The lowest BCUT2D eigenvalue weighted by Crippen LogP contribution is -2.44. The Morgan fingerprint density at radius 1 is 1.27 bits per heavy atom. The molecule has 6 nitrogen and oxygen atoms in total. The molecule has 1 saturated heterocycles. The lowest BCUT2D eigenvalue weighted by Gasteiger charge is -2.26. The third kappa shape index (κ3) is 4.39. The minimum Gasteiger partial charge on any atom is -0.439 e. The molecule has 0 aliphatic carbocycles. The van der Waals surface area contributed by atoms with Crippen molar-refractivity contribution in [1.29, 1.82) is 0 Å². The number of benzene rings is 1. The molecule has 0 radical (unpaired) electrons. The Bertz CT molecular complexity index is 755. The third-order valence-corrected chi connectivity index (χ3v) is 4.85. The van der Waals surface area contributed by atoms with Crippen molar-refractivity contribution >= 4 is 11.6 Å². The number of hydrogen-bond acceptors (Lipinski definition) is 5. The van der Waals surface area contributed by atoms with Gasteiger partial charge in [0.1, 0.15) is 5.75 Å². The molecule has 0 bridgehead atoms. The minimum atomic E-state index is -0.537. The van der Waals surface area contributed by atoms with Gasteiger partial charge in [0, 0.05) is 19.3 Å². The highest BCUT2D eigenvalue weighted by Crippen LogP contribution is 2.26. The van der Waals surface area contributed by atoms with E-state index in [0.29, 0.717) is 24.8 Å². The molecular formula is C20H25N3O3. The molecule has 26 heavy (non-hydrogen) atoms. The van der Waals surface area contributed by atoms with Gasteiger partial charge in [-0.15, -0.1) is 0 Å². The van der Waals surface area contributed by atoms with Gasteiger partial charge in [-0.05, 0) is 55.9 Å². The van der Waals surface area contributed by atoms with Crippen LogP contribution < -0.4 is 15.8 Å². The first-order valence-electron chi connectivity index (χ1n) is 8.89. The third-order valence-electron chi connectivity index (χ3n) is 4.85. The van der Waals surface area contributed by atoms with Gasteiger partial charge in [0.15, 0.2) is 0 Å². The van der Waals surface area contributed by atoms with Gasteiger partial charge < -0.3 is 20.5 Å². The van der Waals surface area contributed by atoms with Crippen molar-refractivity contribution in [2.24, 2.45) is 11.7 Å². The quantitative estimate of drug-likeness (QED) is 0.860. The molecule has 1 aromatic carbocycles. The first-order chi connectivity index (χ1) is 12.5. The molecular weight excluding hydrogens is 330 g/mol. The van der Waals surface area contributed by atoms with E-state index in [4.69, 9.17) is 15.2 Å². The van der Waals surface area contributed by atoms with Gasteiger partial charge in [-0.25, -0.2) is 4.98 Å². The highest BCUT2D eigenvalue weighted by atomic mass is 16.5. The molecule has 1 aromatic heterocycles. The van der Waals surface area contributed by atoms with Gasteiger partial charge in [-0.2, -0.15) is 0 Å². The summed E-state index contributed by atoms with van der Waals surface area (Å²) in [4.78, 5) is 16.6. The Balaban J connectivity index is 1.60. The molecule has 1 aliphatic rings. The number of nitrogens with one attached hydrogen (secondary N) is 1. The van der Waals surface area contributed by atoms with Crippen molar-refractivity contribution < 1.29 is 14.3 Å². The maximum absolute atomic E-state index is 12.3. The molecule has 1 aliphatic heterocycles. The zero-order valence-corrected chi connectivity index (χ0v) is 15.2. The van der Waals surface area contributed by atoms with Crippen LogP contribution in [0.2, 0.25) is 0 Å². The van der Waals surface area contributed by atoms with E-state index < -0.39 is 6.04 Å².